The molecule has 0 radical (unpaired) electrons. The molecule has 9 heteroatoms. The standard InChI is InChI=1S/C17H20ClN3O4S/c18-14-3-1-13(2-4-14)5-6-19-17(22)16-11-15(12-20-16)26(23,24)21-7-9-25-10-8-21/h1-4,11-12,20H,5-10H2,(H,19,22). The Morgan fingerprint density at radius 3 is 2.62 bits per heavy atom. The van der Waals surface area contributed by atoms with Crippen molar-refractivity contribution in [1.29, 1.82) is 0 Å². The summed E-state index contributed by atoms with van der Waals surface area (Å²) in [4.78, 5) is 15.0. The van der Waals surface area contributed by atoms with E-state index in [1.54, 1.807) is 12.1 Å². The monoisotopic (exact) mass is 397 g/mol. The van der Waals surface area contributed by atoms with Gasteiger partial charge in [-0.15, -0.1) is 0 Å². The van der Waals surface area contributed by atoms with Gasteiger partial charge in [-0.3, -0.25) is 4.79 Å². The second kappa shape index (κ2) is 8.22. The number of carbonyl (C=O) groups is 1. The molecule has 1 aromatic carbocycles. The molecule has 1 fully saturated rings. The number of nitrogens with zero attached hydrogens (tertiary/aromatic N) is 1. The molecule has 2 N–H and O–H groups in total. The first-order valence-electron chi connectivity index (χ1n) is 8.26. The Morgan fingerprint density at radius 2 is 1.92 bits per heavy atom. The number of benzene rings is 1. The van der Waals surface area contributed by atoms with Crippen LogP contribution in [0.2, 0.25) is 5.02 Å². The van der Waals surface area contributed by atoms with Gasteiger partial charge in [-0.2, -0.15) is 4.31 Å². The predicted octanol–water partition coefficient (Wildman–Crippen LogP) is 1.66. The van der Waals surface area contributed by atoms with Gasteiger partial charge in [0.05, 0.1) is 13.2 Å². The zero-order valence-electron chi connectivity index (χ0n) is 14.1. The minimum Gasteiger partial charge on any atom is -0.379 e. The third-order valence-electron chi connectivity index (χ3n) is 4.12. The molecule has 1 amide bonds. The number of aromatic nitrogens is 1. The van der Waals surface area contributed by atoms with Crippen molar-refractivity contribution in [3.63, 3.8) is 0 Å². The molecule has 0 unspecified atom stereocenters. The quantitative estimate of drug-likeness (QED) is 0.775. The van der Waals surface area contributed by atoms with E-state index in [4.69, 9.17) is 16.3 Å². The maximum atomic E-state index is 12.6. The maximum absolute atomic E-state index is 12.6. The Labute approximate surface area is 157 Å². The molecule has 0 atom stereocenters. The van der Waals surface area contributed by atoms with E-state index in [1.807, 2.05) is 12.1 Å². The highest BCUT2D eigenvalue weighted by Gasteiger charge is 2.27. The molecular formula is C17H20ClN3O4S. The number of ether oxygens (including phenoxy) is 1. The zero-order valence-corrected chi connectivity index (χ0v) is 15.6. The fourth-order valence-electron chi connectivity index (χ4n) is 2.66. The highest BCUT2D eigenvalue weighted by Crippen LogP contribution is 2.18. The minimum absolute atomic E-state index is 0.0854. The molecule has 0 aliphatic carbocycles. The Hall–Kier alpha value is -1.87. The average Bonchev–Trinajstić information content (AvgIpc) is 3.15. The number of nitrogens with one attached hydrogen (secondary N) is 2. The maximum Gasteiger partial charge on any atom is 0.267 e. The summed E-state index contributed by atoms with van der Waals surface area (Å²) in [6.07, 6.45) is 2.00. The lowest BCUT2D eigenvalue weighted by atomic mass is 10.1. The highest BCUT2D eigenvalue weighted by molar-refractivity contribution is 7.89. The number of sulfonamides is 1. The number of amides is 1. The van der Waals surface area contributed by atoms with Crippen LogP contribution in [0.25, 0.3) is 0 Å². The molecule has 3 rings (SSSR count). The number of morpholine rings is 1. The average molecular weight is 398 g/mol. The minimum atomic E-state index is -3.61. The number of rotatable bonds is 6. The molecular weight excluding hydrogens is 378 g/mol. The number of H-pyrrole nitrogens is 1. The van der Waals surface area contributed by atoms with E-state index in [9.17, 15) is 13.2 Å². The molecule has 1 saturated heterocycles. The van der Waals surface area contributed by atoms with E-state index < -0.39 is 10.0 Å². The normalized spacial score (nSPS) is 15.7. The van der Waals surface area contributed by atoms with Gasteiger partial charge in [-0.25, -0.2) is 8.42 Å². The second-order valence-corrected chi connectivity index (χ2v) is 8.27. The number of hydrogen-bond donors (Lipinski definition) is 2. The van der Waals surface area contributed by atoms with Crippen LogP contribution >= 0.6 is 11.6 Å². The summed E-state index contributed by atoms with van der Waals surface area (Å²) in [6.45, 7) is 1.82. The predicted molar refractivity (Wildman–Crippen MR) is 97.9 cm³/mol. The molecule has 2 aromatic rings. The summed E-state index contributed by atoms with van der Waals surface area (Å²) in [5, 5.41) is 3.44. The molecule has 2 heterocycles. The van der Waals surface area contributed by atoms with E-state index in [-0.39, 0.29) is 16.5 Å². The first-order chi connectivity index (χ1) is 12.5. The van der Waals surface area contributed by atoms with Crippen molar-refractivity contribution in [2.24, 2.45) is 0 Å². The third-order valence-corrected chi connectivity index (χ3v) is 6.25. The van der Waals surface area contributed by atoms with Gasteiger partial charge in [0.25, 0.3) is 5.91 Å². The van der Waals surface area contributed by atoms with Crippen LogP contribution in [-0.2, 0) is 21.2 Å². The Bertz CT molecular complexity index is 858. The van der Waals surface area contributed by atoms with E-state index in [0.29, 0.717) is 44.3 Å². The van der Waals surface area contributed by atoms with Crippen LogP contribution in [0.1, 0.15) is 16.1 Å². The number of halogens is 1. The van der Waals surface area contributed by atoms with Crippen molar-refractivity contribution in [1.82, 2.24) is 14.6 Å². The summed E-state index contributed by atoms with van der Waals surface area (Å²) in [6, 6.07) is 8.76. The summed E-state index contributed by atoms with van der Waals surface area (Å²) in [7, 11) is -3.61. The lowest BCUT2D eigenvalue weighted by Gasteiger charge is -2.25. The fraction of sp³-hybridized carbons (Fsp3) is 0.353. The van der Waals surface area contributed by atoms with Gasteiger partial charge in [0.1, 0.15) is 10.6 Å². The van der Waals surface area contributed by atoms with Gasteiger partial charge in [0.15, 0.2) is 0 Å². The molecule has 0 saturated carbocycles. The lowest BCUT2D eigenvalue weighted by molar-refractivity contribution is 0.0730. The summed E-state index contributed by atoms with van der Waals surface area (Å²) in [5.74, 6) is -0.345. The Morgan fingerprint density at radius 1 is 1.23 bits per heavy atom. The van der Waals surface area contributed by atoms with E-state index in [1.165, 1.54) is 16.6 Å². The molecule has 0 spiro atoms. The van der Waals surface area contributed by atoms with E-state index >= 15 is 0 Å². The van der Waals surface area contributed by atoms with Crippen molar-refractivity contribution >= 4 is 27.5 Å². The summed E-state index contributed by atoms with van der Waals surface area (Å²) >= 11 is 5.84. The largest absolute Gasteiger partial charge is 0.379 e. The molecule has 0 bridgehead atoms. The van der Waals surface area contributed by atoms with Gasteiger partial charge in [0.2, 0.25) is 10.0 Å². The SMILES string of the molecule is O=C(NCCc1ccc(Cl)cc1)c1cc(S(=O)(=O)N2CCOCC2)c[nH]1. The van der Waals surface area contributed by atoms with Crippen molar-refractivity contribution in [3.8, 4) is 0 Å². The number of aromatic amines is 1. The van der Waals surface area contributed by atoms with Crippen LogP contribution in [0.5, 0.6) is 0 Å². The fourth-order valence-corrected chi connectivity index (χ4v) is 4.19. The van der Waals surface area contributed by atoms with Crippen molar-refractivity contribution in [2.45, 2.75) is 11.3 Å². The Balaban J connectivity index is 1.58. The van der Waals surface area contributed by atoms with Crippen molar-refractivity contribution in [3.05, 3.63) is 52.8 Å². The van der Waals surface area contributed by atoms with E-state index in [0.717, 1.165) is 5.56 Å². The summed E-state index contributed by atoms with van der Waals surface area (Å²) < 4.78 is 31.7. The number of carbonyl (C=O) groups excluding carboxylic acids is 1. The molecule has 7 nitrogen and oxygen atoms in total. The van der Waals surface area contributed by atoms with Crippen LogP contribution in [0.3, 0.4) is 0 Å². The zero-order chi connectivity index (χ0) is 18.6. The lowest BCUT2D eigenvalue weighted by Crippen LogP contribution is -2.40. The summed E-state index contributed by atoms with van der Waals surface area (Å²) in [5.41, 5.74) is 1.27. The van der Waals surface area contributed by atoms with Crippen LogP contribution < -0.4 is 5.32 Å². The van der Waals surface area contributed by atoms with Gasteiger partial charge in [-0.1, -0.05) is 23.7 Å². The van der Waals surface area contributed by atoms with Crippen LogP contribution in [-0.4, -0.2) is 56.5 Å². The number of hydrogen-bond acceptors (Lipinski definition) is 4. The molecule has 1 aliphatic rings. The topological polar surface area (TPSA) is 91.5 Å². The molecule has 26 heavy (non-hydrogen) atoms. The third kappa shape index (κ3) is 4.45. The van der Waals surface area contributed by atoms with E-state index in [2.05, 4.69) is 10.3 Å². The Kier molecular flexibility index (Phi) is 5.98. The van der Waals surface area contributed by atoms with Gasteiger partial charge in [0, 0.05) is 30.9 Å². The second-order valence-electron chi connectivity index (χ2n) is 5.90. The van der Waals surface area contributed by atoms with Crippen molar-refractivity contribution < 1.29 is 17.9 Å². The molecule has 1 aromatic heterocycles. The van der Waals surface area contributed by atoms with Crippen LogP contribution in [0.4, 0.5) is 0 Å². The van der Waals surface area contributed by atoms with Gasteiger partial charge < -0.3 is 15.0 Å². The smallest absolute Gasteiger partial charge is 0.267 e. The van der Waals surface area contributed by atoms with Crippen molar-refractivity contribution in [2.75, 3.05) is 32.8 Å². The highest BCUT2D eigenvalue weighted by atomic mass is 35.5. The molecule has 1 aliphatic heterocycles. The van der Waals surface area contributed by atoms with Crippen LogP contribution in [0, 0.1) is 0 Å². The van der Waals surface area contributed by atoms with Gasteiger partial charge >= 0.3 is 0 Å². The first kappa shape index (κ1) is 18.9. The molecule has 140 valence electrons. The first-order valence-corrected chi connectivity index (χ1v) is 10.1. The van der Waals surface area contributed by atoms with Gasteiger partial charge in [-0.05, 0) is 30.2 Å². The van der Waals surface area contributed by atoms with Crippen LogP contribution in [0.15, 0.2) is 41.4 Å².